The van der Waals surface area contributed by atoms with Crippen molar-refractivity contribution in [1.82, 2.24) is 10.2 Å². The smallest absolute Gasteiger partial charge is 0.261 e. The summed E-state index contributed by atoms with van der Waals surface area (Å²) in [5, 5.41) is 3.59. The number of fused-ring (bicyclic) bond motifs is 1. The van der Waals surface area contributed by atoms with E-state index in [0.29, 0.717) is 29.2 Å². The fourth-order valence-electron chi connectivity index (χ4n) is 3.97. The van der Waals surface area contributed by atoms with Crippen LogP contribution in [0.4, 0.5) is 0 Å². The van der Waals surface area contributed by atoms with Gasteiger partial charge in [-0.05, 0) is 62.1 Å². The van der Waals surface area contributed by atoms with E-state index in [0.717, 1.165) is 18.4 Å². The number of nitrogens with one attached hydrogen (secondary N) is 1. The van der Waals surface area contributed by atoms with Crippen LogP contribution >= 0.6 is 11.6 Å². The molecule has 0 aliphatic carbocycles. The third-order valence-corrected chi connectivity index (χ3v) is 5.69. The zero-order valence-corrected chi connectivity index (χ0v) is 17.4. The summed E-state index contributed by atoms with van der Waals surface area (Å²) in [6, 6.07) is 12.0. The van der Waals surface area contributed by atoms with Crippen molar-refractivity contribution in [2.75, 3.05) is 13.2 Å². The van der Waals surface area contributed by atoms with E-state index < -0.39 is 0 Å². The minimum atomic E-state index is -0.368. The Labute approximate surface area is 180 Å². The molecule has 0 spiro atoms. The van der Waals surface area contributed by atoms with Gasteiger partial charge in [-0.25, -0.2) is 0 Å². The van der Waals surface area contributed by atoms with Gasteiger partial charge in [0.25, 0.3) is 17.7 Å². The zero-order chi connectivity index (χ0) is 21.3. The van der Waals surface area contributed by atoms with E-state index in [1.807, 2.05) is 25.1 Å². The fraction of sp³-hybridized carbons (Fsp3) is 0.348. The molecule has 2 aliphatic rings. The molecule has 2 aliphatic heterocycles. The first-order valence-electron chi connectivity index (χ1n) is 10.1. The minimum absolute atomic E-state index is 0.109. The van der Waals surface area contributed by atoms with E-state index in [9.17, 15) is 14.4 Å². The van der Waals surface area contributed by atoms with Gasteiger partial charge in [0, 0.05) is 23.2 Å². The van der Waals surface area contributed by atoms with E-state index in [4.69, 9.17) is 16.3 Å². The monoisotopic (exact) mass is 426 g/mol. The number of halogens is 1. The van der Waals surface area contributed by atoms with Gasteiger partial charge < -0.3 is 10.1 Å². The van der Waals surface area contributed by atoms with Crippen LogP contribution in [0.15, 0.2) is 42.5 Å². The van der Waals surface area contributed by atoms with Gasteiger partial charge in [-0.1, -0.05) is 23.7 Å². The van der Waals surface area contributed by atoms with E-state index in [-0.39, 0.29) is 42.0 Å². The predicted octanol–water partition coefficient (Wildman–Crippen LogP) is 3.48. The SMILES string of the molecule is C[C@H](Cc1cccc(Cl)c1)NC(=O)c1ccc2c(c1)C(=O)N(C[C@H]1CCCO1)C2=O. The lowest BCUT2D eigenvalue weighted by Crippen LogP contribution is -2.36. The number of nitrogens with zero attached hydrogens (tertiary/aromatic N) is 1. The number of ether oxygens (including phenoxy) is 1. The predicted molar refractivity (Wildman–Crippen MR) is 113 cm³/mol. The molecule has 30 heavy (non-hydrogen) atoms. The highest BCUT2D eigenvalue weighted by atomic mass is 35.5. The van der Waals surface area contributed by atoms with Crippen LogP contribution in [0.1, 0.15) is 56.4 Å². The van der Waals surface area contributed by atoms with Crippen molar-refractivity contribution in [2.45, 2.75) is 38.3 Å². The van der Waals surface area contributed by atoms with Gasteiger partial charge in [-0.3, -0.25) is 19.3 Å². The Morgan fingerprint density at radius 1 is 1.20 bits per heavy atom. The molecule has 7 heteroatoms. The number of carbonyl (C=O) groups excluding carboxylic acids is 3. The van der Waals surface area contributed by atoms with Crippen LogP contribution in [-0.2, 0) is 11.2 Å². The van der Waals surface area contributed by atoms with Crippen molar-refractivity contribution < 1.29 is 19.1 Å². The summed E-state index contributed by atoms with van der Waals surface area (Å²) in [4.78, 5) is 39.3. The Hall–Kier alpha value is -2.70. The summed E-state index contributed by atoms with van der Waals surface area (Å²) >= 11 is 6.02. The molecule has 2 heterocycles. The molecule has 0 saturated carbocycles. The van der Waals surface area contributed by atoms with Crippen molar-refractivity contribution in [3.63, 3.8) is 0 Å². The highest BCUT2D eigenvalue weighted by molar-refractivity contribution is 6.30. The molecular weight excluding hydrogens is 404 g/mol. The van der Waals surface area contributed by atoms with Crippen LogP contribution in [0.25, 0.3) is 0 Å². The van der Waals surface area contributed by atoms with Crippen LogP contribution in [0, 0.1) is 0 Å². The summed E-state index contributed by atoms with van der Waals surface area (Å²) in [6.45, 7) is 2.82. The Bertz CT molecular complexity index is 1000. The van der Waals surface area contributed by atoms with Gasteiger partial charge in [0.05, 0.1) is 23.8 Å². The third-order valence-electron chi connectivity index (χ3n) is 5.45. The molecule has 0 unspecified atom stereocenters. The molecule has 0 bridgehead atoms. The van der Waals surface area contributed by atoms with Gasteiger partial charge >= 0.3 is 0 Å². The van der Waals surface area contributed by atoms with Gasteiger partial charge in [-0.15, -0.1) is 0 Å². The average molecular weight is 427 g/mol. The Kier molecular flexibility index (Phi) is 5.88. The largest absolute Gasteiger partial charge is 0.376 e. The Morgan fingerprint density at radius 3 is 2.73 bits per heavy atom. The maximum atomic E-state index is 12.8. The minimum Gasteiger partial charge on any atom is -0.376 e. The highest BCUT2D eigenvalue weighted by Gasteiger charge is 2.38. The van der Waals surface area contributed by atoms with Gasteiger partial charge in [0.15, 0.2) is 0 Å². The summed E-state index contributed by atoms with van der Waals surface area (Å²) in [7, 11) is 0. The summed E-state index contributed by atoms with van der Waals surface area (Å²) in [5.41, 5.74) is 1.98. The second-order valence-electron chi connectivity index (χ2n) is 7.82. The second kappa shape index (κ2) is 8.58. The molecule has 6 nitrogen and oxygen atoms in total. The van der Waals surface area contributed by atoms with Crippen LogP contribution in [0.2, 0.25) is 5.02 Å². The molecule has 1 N–H and O–H groups in total. The first kappa shape index (κ1) is 20.6. The number of benzene rings is 2. The van der Waals surface area contributed by atoms with E-state index >= 15 is 0 Å². The Balaban J connectivity index is 1.44. The number of imide groups is 1. The maximum Gasteiger partial charge on any atom is 0.261 e. The van der Waals surface area contributed by atoms with Gasteiger partial charge in [0.2, 0.25) is 0 Å². The normalized spacial score (nSPS) is 19.1. The lowest BCUT2D eigenvalue weighted by Gasteiger charge is -2.17. The number of hydrogen-bond donors (Lipinski definition) is 1. The van der Waals surface area contributed by atoms with Crippen LogP contribution < -0.4 is 5.32 Å². The molecule has 4 rings (SSSR count). The second-order valence-corrected chi connectivity index (χ2v) is 8.26. The van der Waals surface area contributed by atoms with Crippen molar-refractivity contribution in [1.29, 1.82) is 0 Å². The van der Waals surface area contributed by atoms with Crippen LogP contribution in [0.3, 0.4) is 0 Å². The van der Waals surface area contributed by atoms with E-state index in [2.05, 4.69) is 5.32 Å². The third kappa shape index (κ3) is 4.25. The molecule has 2 aromatic carbocycles. The van der Waals surface area contributed by atoms with E-state index in [1.54, 1.807) is 18.2 Å². The highest BCUT2D eigenvalue weighted by Crippen LogP contribution is 2.26. The van der Waals surface area contributed by atoms with E-state index in [1.165, 1.54) is 11.0 Å². The lowest BCUT2D eigenvalue weighted by molar-refractivity contribution is 0.0475. The van der Waals surface area contributed by atoms with Crippen molar-refractivity contribution in [2.24, 2.45) is 0 Å². The topological polar surface area (TPSA) is 75.7 Å². The standard InChI is InChI=1S/C23H23ClN2O4/c1-14(10-15-4-2-5-17(24)11-15)25-21(27)16-7-8-19-20(12-16)23(29)26(22(19)28)13-18-6-3-9-30-18/h2,4-5,7-8,11-12,14,18H,3,6,9-10,13H2,1H3,(H,25,27)/t14-,18-/m1/s1. The summed E-state index contributed by atoms with van der Waals surface area (Å²) in [5.74, 6) is -0.982. The molecule has 1 fully saturated rings. The van der Waals surface area contributed by atoms with Crippen molar-refractivity contribution in [3.8, 4) is 0 Å². The molecule has 0 aromatic heterocycles. The number of hydrogen-bond acceptors (Lipinski definition) is 4. The van der Waals surface area contributed by atoms with Crippen molar-refractivity contribution >= 4 is 29.3 Å². The quantitative estimate of drug-likeness (QED) is 0.717. The molecule has 2 atom stereocenters. The summed E-state index contributed by atoms with van der Waals surface area (Å²) < 4.78 is 5.55. The van der Waals surface area contributed by atoms with Crippen LogP contribution in [0.5, 0.6) is 0 Å². The zero-order valence-electron chi connectivity index (χ0n) is 16.7. The lowest BCUT2D eigenvalue weighted by atomic mass is 10.0. The molecule has 0 radical (unpaired) electrons. The molecule has 1 saturated heterocycles. The molecular formula is C23H23ClN2O4. The summed E-state index contributed by atoms with van der Waals surface area (Å²) in [6.07, 6.45) is 2.29. The number of carbonyl (C=O) groups is 3. The first-order chi connectivity index (χ1) is 14.4. The number of rotatable bonds is 6. The first-order valence-corrected chi connectivity index (χ1v) is 10.5. The van der Waals surface area contributed by atoms with Gasteiger partial charge in [0.1, 0.15) is 0 Å². The molecule has 2 aromatic rings. The molecule has 156 valence electrons. The fourth-order valence-corrected chi connectivity index (χ4v) is 4.18. The number of amides is 3. The molecule has 3 amide bonds. The van der Waals surface area contributed by atoms with Gasteiger partial charge in [-0.2, -0.15) is 0 Å². The maximum absolute atomic E-state index is 12.8. The van der Waals surface area contributed by atoms with Crippen molar-refractivity contribution in [3.05, 3.63) is 69.7 Å². The van der Waals surface area contributed by atoms with Crippen LogP contribution in [-0.4, -0.2) is 47.9 Å². The Morgan fingerprint density at radius 2 is 2.00 bits per heavy atom. The average Bonchev–Trinajstić information content (AvgIpc) is 3.31.